The van der Waals surface area contributed by atoms with Crippen LogP contribution in [0.25, 0.3) is 0 Å². The Morgan fingerprint density at radius 3 is 2.20 bits per heavy atom. The average Bonchev–Trinajstić information content (AvgIpc) is 2.95. The van der Waals surface area contributed by atoms with Gasteiger partial charge < -0.3 is 14.5 Å². The standard InChI is InChI=1S/C31H32F3N3O3/c1-35(20-21-3-7-23(32)8-4-21)29(38)26(22-5-9-24(33)10-6-22)13-16-37-17-14-31(15-18-37)27-19-25(34)11-12-28(27)36(2)30(39)40-31/h3-12,19,26H,13-18,20H2,1-2H3. The third-order valence-corrected chi connectivity index (χ3v) is 8.04. The summed E-state index contributed by atoms with van der Waals surface area (Å²) in [6, 6.07) is 16.4. The maximum absolute atomic E-state index is 14.2. The zero-order valence-corrected chi connectivity index (χ0v) is 22.6. The maximum Gasteiger partial charge on any atom is 0.414 e. The van der Waals surface area contributed by atoms with E-state index in [1.54, 1.807) is 49.3 Å². The van der Waals surface area contributed by atoms with E-state index >= 15 is 0 Å². The predicted molar refractivity (Wildman–Crippen MR) is 145 cm³/mol. The van der Waals surface area contributed by atoms with Crippen LogP contribution in [-0.2, 0) is 21.7 Å². The number of fused-ring (bicyclic) bond motifs is 2. The van der Waals surface area contributed by atoms with Crippen molar-refractivity contribution in [2.75, 3.05) is 38.6 Å². The number of hydrogen-bond acceptors (Lipinski definition) is 4. The zero-order chi connectivity index (χ0) is 28.4. The van der Waals surface area contributed by atoms with Crippen LogP contribution in [0.15, 0.2) is 66.7 Å². The average molecular weight is 552 g/mol. The molecule has 0 bridgehead atoms. The molecule has 2 amide bonds. The van der Waals surface area contributed by atoms with Crippen LogP contribution in [0.5, 0.6) is 0 Å². The topological polar surface area (TPSA) is 53.1 Å². The van der Waals surface area contributed by atoms with Gasteiger partial charge in [0.2, 0.25) is 5.91 Å². The highest BCUT2D eigenvalue weighted by Crippen LogP contribution is 2.45. The SMILES string of the molecule is CN(Cc1ccc(F)cc1)C(=O)C(CCN1CCC2(CC1)OC(=O)N(C)c1ccc(F)cc12)c1ccc(F)cc1. The van der Waals surface area contributed by atoms with Gasteiger partial charge in [0.25, 0.3) is 0 Å². The lowest BCUT2D eigenvalue weighted by atomic mass is 9.81. The lowest BCUT2D eigenvalue weighted by molar-refractivity contribution is -0.132. The molecule has 1 spiro atoms. The van der Waals surface area contributed by atoms with Crippen molar-refractivity contribution in [2.45, 2.75) is 37.3 Å². The van der Waals surface area contributed by atoms with E-state index in [0.717, 1.165) is 11.1 Å². The van der Waals surface area contributed by atoms with Crippen LogP contribution >= 0.6 is 0 Å². The lowest BCUT2D eigenvalue weighted by Crippen LogP contribution is -2.51. The van der Waals surface area contributed by atoms with Gasteiger partial charge in [0.15, 0.2) is 0 Å². The summed E-state index contributed by atoms with van der Waals surface area (Å²) in [4.78, 5) is 31.4. The number of ether oxygens (including phenoxy) is 1. The number of likely N-dealkylation sites (tertiary alicyclic amines) is 1. The number of piperidine rings is 1. The van der Waals surface area contributed by atoms with Gasteiger partial charge in [-0.05, 0) is 66.6 Å². The van der Waals surface area contributed by atoms with Crippen LogP contribution in [0.1, 0.15) is 41.9 Å². The highest BCUT2D eigenvalue weighted by atomic mass is 19.1. The molecule has 0 aromatic heterocycles. The number of amides is 2. The maximum atomic E-state index is 14.2. The number of nitrogens with zero attached hydrogens (tertiary/aromatic N) is 3. The third-order valence-electron chi connectivity index (χ3n) is 8.04. The first-order chi connectivity index (χ1) is 19.1. The Bertz CT molecular complexity index is 1370. The Balaban J connectivity index is 1.28. The lowest BCUT2D eigenvalue weighted by Gasteiger charge is -2.46. The van der Waals surface area contributed by atoms with Gasteiger partial charge in [0.05, 0.1) is 11.6 Å². The first-order valence-electron chi connectivity index (χ1n) is 13.4. The molecule has 2 heterocycles. The molecule has 210 valence electrons. The van der Waals surface area contributed by atoms with E-state index in [0.29, 0.717) is 56.7 Å². The molecule has 1 saturated heterocycles. The van der Waals surface area contributed by atoms with Crippen molar-refractivity contribution in [3.63, 3.8) is 0 Å². The summed E-state index contributed by atoms with van der Waals surface area (Å²) in [5, 5.41) is 0. The van der Waals surface area contributed by atoms with Crippen molar-refractivity contribution in [1.82, 2.24) is 9.80 Å². The van der Waals surface area contributed by atoms with Crippen LogP contribution in [0.2, 0.25) is 0 Å². The molecular formula is C31H32F3N3O3. The first kappa shape index (κ1) is 27.7. The van der Waals surface area contributed by atoms with Crippen LogP contribution in [-0.4, -0.2) is 55.5 Å². The van der Waals surface area contributed by atoms with Crippen LogP contribution in [0.3, 0.4) is 0 Å². The fourth-order valence-corrected chi connectivity index (χ4v) is 5.71. The molecule has 1 atom stereocenters. The van der Waals surface area contributed by atoms with E-state index in [-0.39, 0.29) is 23.4 Å². The fraction of sp³-hybridized carbons (Fsp3) is 0.355. The molecule has 0 saturated carbocycles. The molecule has 0 N–H and O–H groups in total. The number of carbonyl (C=O) groups is 2. The number of likely N-dealkylation sites (N-methyl/N-ethyl adjacent to an activating group) is 1. The van der Waals surface area contributed by atoms with Gasteiger partial charge in [0.1, 0.15) is 23.1 Å². The highest BCUT2D eigenvalue weighted by molar-refractivity contribution is 5.91. The van der Waals surface area contributed by atoms with Crippen molar-refractivity contribution >= 4 is 17.7 Å². The summed E-state index contributed by atoms with van der Waals surface area (Å²) in [7, 11) is 3.32. The molecule has 1 fully saturated rings. The first-order valence-corrected chi connectivity index (χ1v) is 13.4. The van der Waals surface area contributed by atoms with E-state index in [2.05, 4.69) is 4.90 Å². The molecule has 3 aromatic rings. The Morgan fingerprint density at radius 2 is 1.55 bits per heavy atom. The number of halogens is 3. The van der Waals surface area contributed by atoms with Crippen molar-refractivity contribution in [3.05, 3.63) is 101 Å². The molecule has 1 unspecified atom stereocenters. The molecule has 2 aliphatic heterocycles. The van der Waals surface area contributed by atoms with Gasteiger partial charge in [0, 0.05) is 52.1 Å². The Labute approximate surface area is 231 Å². The summed E-state index contributed by atoms with van der Waals surface area (Å²) in [5.74, 6) is -1.71. The Morgan fingerprint density at radius 1 is 0.950 bits per heavy atom. The number of hydrogen-bond donors (Lipinski definition) is 0. The normalized spacial score (nSPS) is 17.3. The van der Waals surface area contributed by atoms with Gasteiger partial charge >= 0.3 is 6.09 Å². The van der Waals surface area contributed by atoms with E-state index in [1.807, 2.05) is 0 Å². The summed E-state index contributed by atoms with van der Waals surface area (Å²) < 4.78 is 47.0. The number of carbonyl (C=O) groups excluding carboxylic acids is 2. The highest BCUT2D eigenvalue weighted by Gasteiger charge is 2.46. The largest absolute Gasteiger partial charge is 0.437 e. The molecule has 5 rings (SSSR count). The smallest absolute Gasteiger partial charge is 0.414 e. The van der Waals surface area contributed by atoms with Gasteiger partial charge in [-0.2, -0.15) is 0 Å². The van der Waals surface area contributed by atoms with Gasteiger partial charge in [-0.15, -0.1) is 0 Å². The monoisotopic (exact) mass is 551 g/mol. The molecule has 6 nitrogen and oxygen atoms in total. The second-order valence-electron chi connectivity index (χ2n) is 10.6. The molecule has 0 radical (unpaired) electrons. The minimum absolute atomic E-state index is 0.113. The van der Waals surface area contributed by atoms with E-state index in [4.69, 9.17) is 4.74 Å². The van der Waals surface area contributed by atoms with E-state index in [1.165, 1.54) is 41.3 Å². The predicted octanol–water partition coefficient (Wildman–Crippen LogP) is 5.81. The van der Waals surface area contributed by atoms with Gasteiger partial charge in [-0.25, -0.2) is 18.0 Å². The van der Waals surface area contributed by atoms with Crippen LogP contribution in [0.4, 0.5) is 23.7 Å². The molecule has 0 aliphatic carbocycles. The minimum atomic E-state index is -0.890. The van der Waals surface area contributed by atoms with Crippen LogP contribution < -0.4 is 4.90 Å². The summed E-state index contributed by atoms with van der Waals surface area (Å²) >= 11 is 0. The summed E-state index contributed by atoms with van der Waals surface area (Å²) in [6.45, 7) is 2.11. The van der Waals surface area contributed by atoms with Crippen molar-refractivity contribution in [3.8, 4) is 0 Å². The number of rotatable bonds is 7. The molecule has 9 heteroatoms. The Hall–Kier alpha value is -3.85. The zero-order valence-electron chi connectivity index (χ0n) is 22.6. The van der Waals surface area contributed by atoms with Crippen molar-refractivity contribution < 1.29 is 27.5 Å². The second-order valence-corrected chi connectivity index (χ2v) is 10.6. The second kappa shape index (κ2) is 11.3. The third kappa shape index (κ3) is 5.70. The van der Waals surface area contributed by atoms with E-state index < -0.39 is 17.6 Å². The van der Waals surface area contributed by atoms with Crippen LogP contribution in [0, 0.1) is 17.5 Å². The fourth-order valence-electron chi connectivity index (χ4n) is 5.71. The van der Waals surface area contributed by atoms with Crippen molar-refractivity contribution in [2.24, 2.45) is 0 Å². The van der Waals surface area contributed by atoms with Gasteiger partial charge in [-0.1, -0.05) is 24.3 Å². The summed E-state index contributed by atoms with van der Waals surface area (Å²) in [5.41, 5.74) is 1.97. The molecule has 2 aliphatic rings. The van der Waals surface area contributed by atoms with E-state index in [9.17, 15) is 22.8 Å². The Kier molecular flexibility index (Phi) is 7.85. The molecule has 3 aromatic carbocycles. The number of anilines is 1. The minimum Gasteiger partial charge on any atom is -0.437 e. The molecule has 40 heavy (non-hydrogen) atoms. The quantitative estimate of drug-likeness (QED) is 0.372. The summed E-state index contributed by atoms with van der Waals surface area (Å²) in [6.07, 6.45) is 1.04. The molecular weight excluding hydrogens is 519 g/mol. The number of benzene rings is 3. The van der Waals surface area contributed by atoms with Crippen molar-refractivity contribution in [1.29, 1.82) is 0 Å². The van der Waals surface area contributed by atoms with Gasteiger partial charge in [-0.3, -0.25) is 9.69 Å².